The van der Waals surface area contributed by atoms with Crippen LogP contribution in [0.2, 0.25) is 0 Å². The van der Waals surface area contributed by atoms with Crippen molar-refractivity contribution in [2.45, 2.75) is 32.1 Å². The Kier molecular flexibility index (Phi) is 6.34. The van der Waals surface area contributed by atoms with E-state index < -0.39 is 10.2 Å². The molecule has 122 valence electrons. The van der Waals surface area contributed by atoms with E-state index in [-0.39, 0.29) is 11.8 Å². The quantitative estimate of drug-likeness (QED) is 0.718. The van der Waals surface area contributed by atoms with Crippen molar-refractivity contribution in [1.82, 2.24) is 13.9 Å². The normalized spacial score (nSPS) is 23.1. The lowest BCUT2D eigenvalue weighted by atomic mass is 9.97. The van der Waals surface area contributed by atoms with E-state index in [1.165, 1.54) is 0 Å². The smallest absolute Gasteiger partial charge is 0.281 e. The third-order valence-corrected chi connectivity index (χ3v) is 6.46. The molecular weight excluding hydrogens is 310 g/mol. The minimum absolute atomic E-state index is 0.0269. The molecule has 2 saturated heterocycles. The molecule has 0 atom stereocenters. The van der Waals surface area contributed by atoms with Crippen LogP contribution in [-0.2, 0) is 15.0 Å². The van der Waals surface area contributed by atoms with E-state index in [9.17, 15) is 13.2 Å². The number of amides is 1. The van der Waals surface area contributed by atoms with Gasteiger partial charge in [0.05, 0.1) is 0 Å². The zero-order valence-corrected chi connectivity index (χ0v) is 14.0. The number of carbonyl (C=O) groups is 1. The third-order valence-electron chi connectivity index (χ3n) is 4.20. The molecular formula is C13H25N3O3S2. The number of thiol groups is 1. The molecule has 2 rings (SSSR count). The van der Waals surface area contributed by atoms with Crippen LogP contribution >= 0.6 is 12.6 Å². The predicted octanol–water partition coefficient (Wildman–Crippen LogP) is 0.475. The molecule has 0 aromatic carbocycles. The Morgan fingerprint density at radius 3 is 2.19 bits per heavy atom. The molecule has 0 radical (unpaired) electrons. The van der Waals surface area contributed by atoms with Crippen LogP contribution in [-0.4, -0.2) is 61.4 Å². The second kappa shape index (κ2) is 7.80. The number of piperidine rings is 2. The molecule has 8 heteroatoms. The van der Waals surface area contributed by atoms with Crippen molar-refractivity contribution in [3.05, 3.63) is 0 Å². The zero-order valence-electron chi connectivity index (χ0n) is 12.3. The molecule has 2 heterocycles. The van der Waals surface area contributed by atoms with Crippen LogP contribution in [0.3, 0.4) is 0 Å². The highest BCUT2D eigenvalue weighted by molar-refractivity contribution is 7.86. The molecule has 1 amide bonds. The Labute approximate surface area is 132 Å². The summed E-state index contributed by atoms with van der Waals surface area (Å²) >= 11 is 4.06. The molecule has 0 aliphatic carbocycles. The summed E-state index contributed by atoms with van der Waals surface area (Å²) in [5.74, 6) is 0.574. The molecule has 0 saturated carbocycles. The number of hydrogen-bond acceptors (Lipinski definition) is 4. The van der Waals surface area contributed by atoms with E-state index in [0.717, 1.165) is 19.3 Å². The van der Waals surface area contributed by atoms with E-state index in [4.69, 9.17) is 0 Å². The molecule has 2 fully saturated rings. The molecule has 2 aliphatic rings. The Balaban J connectivity index is 1.86. The van der Waals surface area contributed by atoms with Gasteiger partial charge in [-0.15, -0.1) is 0 Å². The molecule has 1 N–H and O–H groups in total. The van der Waals surface area contributed by atoms with Crippen LogP contribution in [0.15, 0.2) is 0 Å². The van der Waals surface area contributed by atoms with Gasteiger partial charge < -0.3 is 5.32 Å². The first-order valence-corrected chi connectivity index (χ1v) is 9.72. The second-order valence-electron chi connectivity index (χ2n) is 5.66. The first-order chi connectivity index (χ1) is 10.1. The average molecular weight is 335 g/mol. The summed E-state index contributed by atoms with van der Waals surface area (Å²) in [6, 6.07) is 0. The van der Waals surface area contributed by atoms with Crippen molar-refractivity contribution in [3.8, 4) is 0 Å². The lowest BCUT2D eigenvalue weighted by Crippen LogP contribution is -2.50. The molecule has 0 bridgehead atoms. The fourth-order valence-corrected chi connectivity index (χ4v) is 4.76. The van der Waals surface area contributed by atoms with E-state index >= 15 is 0 Å². The molecule has 0 unspecified atom stereocenters. The fraction of sp³-hybridized carbons (Fsp3) is 0.923. The van der Waals surface area contributed by atoms with Crippen molar-refractivity contribution in [2.75, 3.05) is 38.5 Å². The average Bonchev–Trinajstić information content (AvgIpc) is 2.53. The van der Waals surface area contributed by atoms with E-state index in [2.05, 4.69) is 17.9 Å². The molecule has 0 aromatic rings. The molecule has 21 heavy (non-hydrogen) atoms. The van der Waals surface area contributed by atoms with Crippen LogP contribution in [0.25, 0.3) is 0 Å². The minimum atomic E-state index is -3.33. The number of nitrogens with one attached hydrogen (secondary N) is 1. The van der Waals surface area contributed by atoms with Gasteiger partial charge in [0.25, 0.3) is 10.2 Å². The number of carbonyl (C=O) groups excluding carboxylic acids is 1. The molecule has 0 aromatic heterocycles. The van der Waals surface area contributed by atoms with Crippen molar-refractivity contribution < 1.29 is 13.2 Å². The first kappa shape index (κ1) is 17.1. The van der Waals surface area contributed by atoms with E-state index in [1.807, 2.05) is 0 Å². The van der Waals surface area contributed by atoms with Gasteiger partial charge in [-0.1, -0.05) is 6.42 Å². The maximum Gasteiger partial charge on any atom is 0.281 e. The first-order valence-electron chi connectivity index (χ1n) is 7.69. The van der Waals surface area contributed by atoms with Crippen LogP contribution in [0.1, 0.15) is 32.1 Å². The van der Waals surface area contributed by atoms with Crippen LogP contribution in [0.5, 0.6) is 0 Å². The number of nitrogens with zero attached hydrogens (tertiary/aromatic N) is 2. The number of hydrogen-bond donors (Lipinski definition) is 2. The summed E-state index contributed by atoms with van der Waals surface area (Å²) < 4.78 is 28.2. The van der Waals surface area contributed by atoms with Gasteiger partial charge in [0.15, 0.2) is 0 Å². The van der Waals surface area contributed by atoms with Gasteiger partial charge in [0.2, 0.25) is 5.91 Å². The van der Waals surface area contributed by atoms with Crippen molar-refractivity contribution in [3.63, 3.8) is 0 Å². The van der Waals surface area contributed by atoms with Gasteiger partial charge in [-0.25, -0.2) is 0 Å². The predicted molar refractivity (Wildman–Crippen MR) is 85.5 cm³/mol. The third kappa shape index (κ3) is 4.34. The monoisotopic (exact) mass is 335 g/mol. The Morgan fingerprint density at radius 1 is 1.05 bits per heavy atom. The summed E-state index contributed by atoms with van der Waals surface area (Å²) in [5.41, 5.74) is 0. The van der Waals surface area contributed by atoms with Gasteiger partial charge in [0.1, 0.15) is 0 Å². The van der Waals surface area contributed by atoms with Crippen molar-refractivity contribution in [2.24, 2.45) is 5.92 Å². The standard InChI is InChI=1S/C13H25N3O3S2/c17-13(14-6-11-20)12-4-9-16(10-5-12)21(18,19)15-7-2-1-3-8-15/h12,20H,1-11H2,(H,14,17). The zero-order chi connectivity index (χ0) is 15.3. The van der Waals surface area contributed by atoms with Crippen LogP contribution in [0.4, 0.5) is 0 Å². The molecule has 2 aliphatic heterocycles. The maximum atomic E-state index is 12.5. The van der Waals surface area contributed by atoms with Gasteiger partial charge in [-0.2, -0.15) is 29.7 Å². The van der Waals surface area contributed by atoms with Gasteiger partial charge in [0, 0.05) is 44.4 Å². The molecule has 0 spiro atoms. The summed E-state index contributed by atoms with van der Waals surface area (Å²) in [6.45, 7) is 2.71. The van der Waals surface area contributed by atoms with E-state index in [0.29, 0.717) is 51.3 Å². The molecule has 6 nitrogen and oxygen atoms in total. The highest BCUT2D eigenvalue weighted by atomic mass is 32.2. The van der Waals surface area contributed by atoms with E-state index in [1.54, 1.807) is 8.61 Å². The highest BCUT2D eigenvalue weighted by Gasteiger charge is 2.35. The lowest BCUT2D eigenvalue weighted by molar-refractivity contribution is -0.126. The Hall–Kier alpha value is -0.310. The maximum absolute atomic E-state index is 12.5. The SMILES string of the molecule is O=C(NCCS)C1CCN(S(=O)(=O)N2CCCCC2)CC1. The highest BCUT2D eigenvalue weighted by Crippen LogP contribution is 2.23. The largest absolute Gasteiger partial charge is 0.355 e. The van der Waals surface area contributed by atoms with Crippen molar-refractivity contribution in [1.29, 1.82) is 0 Å². The minimum Gasteiger partial charge on any atom is -0.355 e. The topological polar surface area (TPSA) is 69.7 Å². The fourth-order valence-electron chi connectivity index (χ4n) is 2.93. The second-order valence-corrected chi connectivity index (χ2v) is 8.03. The van der Waals surface area contributed by atoms with Gasteiger partial charge >= 0.3 is 0 Å². The van der Waals surface area contributed by atoms with Crippen molar-refractivity contribution >= 4 is 28.7 Å². The van der Waals surface area contributed by atoms with Gasteiger partial charge in [-0.05, 0) is 25.7 Å². The summed E-state index contributed by atoms with van der Waals surface area (Å²) in [6.07, 6.45) is 4.21. The summed E-state index contributed by atoms with van der Waals surface area (Å²) in [7, 11) is -3.33. The van der Waals surface area contributed by atoms with Gasteiger partial charge in [-0.3, -0.25) is 4.79 Å². The van der Waals surface area contributed by atoms with Crippen LogP contribution in [0, 0.1) is 5.92 Å². The lowest BCUT2D eigenvalue weighted by Gasteiger charge is -2.35. The number of rotatable bonds is 5. The van der Waals surface area contributed by atoms with Crippen LogP contribution < -0.4 is 5.32 Å². The summed E-state index contributed by atoms with van der Waals surface area (Å²) in [5, 5.41) is 2.83. The Bertz CT molecular complexity index is 442. The summed E-state index contributed by atoms with van der Waals surface area (Å²) in [4.78, 5) is 11.9. The Morgan fingerprint density at radius 2 is 1.62 bits per heavy atom.